The van der Waals surface area contributed by atoms with Gasteiger partial charge in [0.15, 0.2) is 0 Å². The lowest BCUT2D eigenvalue weighted by molar-refractivity contribution is -0.143. The fourth-order valence-electron chi connectivity index (χ4n) is 6.34. The average molecular weight is 534 g/mol. The third kappa shape index (κ3) is 7.57. The van der Waals surface area contributed by atoms with Crippen molar-refractivity contribution in [2.24, 2.45) is 5.92 Å². The van der Waals surface area contributed by atoms with Crippen molar-refractivity contribution < 1.29 is 14.7 Å². The third-order valence-electron chi connectivity index (χ3n) is 8.62. The summed E-state index contributed by atoms with van der Waals surface area (Å²) in [6.45, 7) is 5.23. The molecule has 0 spiro atoms. The van der Waals surface area contributed by atoms with Crippen LogP contribution in [0.2, 0.25) is 0 Å². The summed E-state index contributed by atoms with van der Waals surface area (Å²) in [7, 11) is 0. The largest absolute Gasteiger partial charge is 0.480 e. The topological polar surface area (TPSA) is 97.8 Å². The van der Waals surface area contributed by atoms with Crippen LogP contribution < -0.4 is 10.6 Å². The number of carbonyl (C=O) groups is 2. The van der Waals surface area contributed by atoms with Gasteiger partial charge in [0.1, 0.15) is 11.9 Å². The zero-order chi connectivity index (χ0) is 27.0. The number of fused-ring (bicyclic) bond motifs is 1. The molecule has 0 bridgehead atoms. The van der Waals surface area contributed by atoms with Gasteiger partial charge in [-0.15, -0.1) is 0 Å². The summed E-state index contributed by atoms with van der Waals surface area (Å²) in [6.07, 6.45) is 8.74. The summed E-state index contributed by atoms with van der Waals surface area (Å²) < 4.78 is 0. The van der Waals surface area contributed by atoms with Gasteiger partial charge in [-0.1, -0.05) is 42.8 Å². The molecule has 0 aliphatic carbocycles. The lowest BCUT2D eigenvalue weighted by Crippen LogP contribution is -2.53. The van der Waals surface area contributed by atoms with Crippen molar-refractivity contribution in [1.29, 1.82) is 0 Å². The van der Waals surface area contributed by atoms with Gasteiger partial charge in [0.25, 0.3) is 0 Å². The molecule has 3 aliphatic rings. The number of hydrogen-bond acceptors (Lipinski definition) is 6. The number of aliphatic carboxylic acids is 1. The van der Waals surface area contributed by atoms with Crippen LogP contribution in [-0.2, 0) is 29.0 Å². The van der Waals surface area contributed by atoms with E-state index in [4.69, 9.17) is 4.98 Å². The fourth-order valence-corrected chi connectivity index (χ4v) is 6.34. The highest BCUT2D eigenvalue weighted by Crippen LogP contribution is 2.25. The maximum atomic E-state index is 13.2. The van der Waals surface area contributed by atoms with Crippen molar-refractivity contribution in [3.05, 3.63) is 59.3 Å². The molecule has 2 fully saturated rings. The molecule has 0 saturated carbocycles. The van der Waals surface area contributed by atoms with Crippen LogP contribution >= 0.6 is 0 Å². The molecule has 3 unspecified atom stereocenters. The van der Waals surface area contributed by atoms with E-state index in [2.05, 4.69) is 44.7 Å². The molecule has 1 amide bonds. The lowest BCUT2D eigenvalue weighted by Gasteiger charge is -2.35. The highest BCUT2D eigenvalue weighted by atomic mass is 16.4. The molecular weight excluding hydrogens is 490 g/mol. The maximum Gasteiger partial charge on any atom is 0.326 e. The summed E-state index contributed by atoms with van der Waals surface area (Å²) in [6, 6.07) is 13.4. The normalized spacial score (nSPS) is 22.6. The number of nitrogens with zero attached hydrogens (tertiary/aromatic N) is 3. The Kier molecular flexibility index (Phi) is 9.48. The van der Waals surface area contributed by atoms with E-state index >= 15 is 0 Å². The second-order valence-corrected chi connectivity index (χ2v) is 11.5. The molecule has 210 valence electrons. The van der Waals surface area contributed by atoms with Gasteiger partial charge in [-0.2, -0.15) is 0 Å². The minimum atomic E-state index is -0.948. The first-order valence-corrected chi connectivity index (χ1v) is 14.8. The first-order valence-electron chi connectivity index (χ1n) is 14.8. The zero-order valence-electron chi connectivity index (χ0n) is 23.0. The van der Waals surface area contributed by atoms with Crippen LogP contribution in [0.5, 0.6) is 0 Å². The van der Waals surface area contributed by atoms with Crippen molar-refractivity contribution in [2.45, 2.75) is 76.4 Å². The molecule has 3 atom stereocenters. The Bertz CT molecular complexity index is 1110. The lowest BCUT2D eigenvalue weighted by atomic mass is 9.99. The van der Waals surface area contributed by atoms with E-state index in [0.717, 1.165) is 82.6 Å². The third-order valence-corrected chi connectivity index (χ3v) is 8.62. The summed E-state index contributed by atoms with van der Waals surface area (Å²) >= 11 is 0. The number of likely N-dealkylation sites (tertiary alicyclic amines) is 2. The molecule has 1 aromatic carbocycles. The number of amides is 1. The quantitative estimate of drug-likeness (QED) is 0.405. The van der Waals surface area contributed by atoms with Gasteiger partial charge in [-0.3, -0.25) is 9.69 Å². The van der Waals surface area contributed by atoms with Gasteiger partial charge in [-0.25, -0.2) is 9.78 Å². The highest BCUT2D eigenvalue weighted by Gasteiger charge is 2.32. The van der Waals surface area contributed by atoms with Crippen LogP contribution in [0.25, 0.3) is 0 Å². The van der Waals surface area contributed by atoms with Gasteiger partial charge >= 0.3 is 5.97 Å². The van der Waals surface area contributed by atoms with Crippen molar-refractivity contribution in [2.75, 3.05) is 38.0 Å². The standard InChI is InChI=1S/C31H43N5O3/c37-30(28-10-4-5-18-36(28)22-23-7-2-1-3-8-23)34-27(31(38)39)16-20-35-19-15-24(21-35)11-13-26-14-12-25-9-6-17-32-29(25)33-26/h1-3,7-8,12,14,24,27-28H,4-6,9-11,13,15-22H2,(H,32,33)(H,34,37)(H,38,39). The predicted octanol–water partition coefficient (Wildman–Crippen LogP) is 3.71. The molecule has 4 heterocycles. The summed E-state index contributed by atoms with van der Waals surface area (Å²) in [5.74, 6) is 0.563. The SMILES string of the molecule is O=C(O)C(CCN1CCC(CCc2ccc3c(n2)NCCC3)C1)NC(=O)C1CCCCN1Cc1ccccc1. The molecule has 8 nitrogen and oxygen atoms in total. The monoisotopic (exact) mass is 533 g/mol. The first kappa shape index (κ1) is 27.6. The minimum Gasteiger partial charge on any atom is -0.480 e. The minimum absolute atomic E-state index is 0.149. The second kappa shape index (κ2) is 13.4. The summed E-state index contributed by atoms with van der Waals surface area (Å²) in [5.41, 5.74) is 3.65. The Morgan fingerprint density at radius 3 is 2.79 bits per heavy atom. The Balaban J connectivity index is 1.07. The van der Waals surface area contributed by atoms with E-state index in [-0.39, 0.29) is 11.9 Å². The van der Waals surface area contributed by atoms with Gasteiger partial charge < -0.3 is 20.6 Å². The number of carboxylic acids is 1. The number of aryl methyl sites for hydroxylation is 2. The molecular formula is C31H43N5O3. The van der Waals surface area contributed by atoms with E-state index < -0.39 is 12.0 Å². The van der Waals surface area contributed by atoms with E-state index in [0.29, 0.717) is 25.4 Å². The van der Waals surface area contributed by atoms with Crippen LogP contribution in [0.3, 0.4) is 0 Å². The fraction of sp³-hybridized carbons (Fsp3) is 0.581. The molecule has 3 N–H and O–H groups in total. The molecule has 3 aliphatic heterocycles. The number of pyridine rings is 1. The number of hydrogen-bond donors (Lipinski definition) is 3. The predicted molar refractivity (Wildman–Crippen MR) is 153 cm³/mol. The number of nitrogens with one attached hydrogen (secondary N) is 2. The number of carbonyl (C=O) groups excluding carboxylic acids is 1. The van der Waals surface area contributed by atoms with E-state index in [9.17, 15) is 14.7 Å². The van der Waals surface area contributed by atoms with E-state index in [1.807, 2.05) is 18.2 Å². The maximum absolute atomic E-state index is 13.2. The molecule has 0 radical (unpaired) electrons. The second-order valence-electron chi connectivity index (χ2n) is 11.5. The Hall–Kier alpha value is -2.97. The number of benzene rings is 1. The number of rotatable bonds is 11. The Morgan fingerprint density at radius 1 is 1.08 bits per heavy atom. The summed E-state index contributed by atoms with van der Waals surface area (Å²) in [5, 5.41) is 16.2. The van der Waals surface area contributed by atoms with Crippen LogP contribution in [0.15, 0.2) is 42.5 Å². The van der Waals surface area contributed by atoms with Crippen molar-refractivity contribution in [3.63, 3.8) is 0 Å². The highest BCUT2D eigenvalue weighted by molar-refractivity contribution is 5.87. The van der Waals surface area contributed by atoms with E-state index in [1.165, 1.54) is 17.5 Å². The van der Waals surface area contributed by atoms with Crippen LogP contribution in [0, 0.1) is 5.92 Å². The molecule has 8 heteroatoms. The van der Waals surface area contributed by atoms with Crippen molar-refractivity contribution >= 4 is 17.7 Å². The molecule has 39 heavy (non-hydrogen) atoms. The molecule has 2 saturated heterocycles. The number of carboxylic acid groups (broad SMARTS) is 1. The number of aromatic nitrogens is 1. The average Bonchev–Trinajstić information content (AvgIpc) is 3.42. The summed E-state index contributed by atoms with van der Waals surface area (Å²) in [4.78, 5) is 34.7. The molecule has 5 rings (SSSR count). The van der Waals surface area contributed by atoms with Gasteiger partial charge in [-0.05, 0) is 87.6 Å². The van der Waals surface area contributed by atoms with Crippen LogP contribution in [0.4, 0.5) is 5.82 Å². The molecule has 2 aromatic rings. The molecule has 1 aromatic heterocycles. The Labute approximate surface area is 232 Å². The van der Waals surface area contributed by atoms with Crippen LogP contribution in [-0.4, -0.2) is 76.6 Å². The van der Waals surface area contributed by atoms with E-state index in [1.54, 1.807) is 0 Å². The first-order chi connectivity index (χ1) is 19.0. The van der Waals surface area contributed by atoms with Gasteiger partial charge in [0, 0.05) is 31.9 Å². The van der Waals surface area contributed by atoms with Crippen molar-refractivity contribution in [1.82, 2.24) is 20.1 Å². The smallest absolute Gasteiger partial charge is 0.326 e. The van der Waals surface area contributed by atoms with Gasteiger partial charge in [0.2, 0.25) is 5.91 Å². The number of anilines is 1. The van der Waals surface area contributed by atoms with Gasteiger partial charge in [0.05, 0.1) is 6.04 Å². The van der Waals surface area contributed by atoms with Crippen molar-refractivity contribution in [3.8, 4) is 0 Å². The number of piperidine rings is 1. The Morgan fingerprint density at radius 2 is 1.95 bits per heavy atom. The van der Waals surface area contributed by atoms with Crippen LogP contribution in [0.1, 0.15) is 61.8 Å². The zero-order valence-corrected chi connectivity index (χ0v) is 23.0.